The molecule has 3 rings (SSSR count). The number of likely N-dealkylation sites (tertiary alicyclic amines) is 2. The molecule has 0 bridgehead atoms. The molecule has 1 amide bonds. The molecule has 5 nitrogen and oxygen atoms in total. The number of amides is 1. The van der Waals surface area contributed by atoms with E-state index in [1.807, 2.05) is 17.0 Å². The number of methoxy groups -OCH3 is 2. The standard InChI is InChI=1S/C20H30N2O3/c1-15-6-4-11-22(13-15)20(23)14-21-10-5-7-18(21)17-12-16(24-2)8-9-19(17)25-3/h8-9,12,15,18H,4-7,10-11,13-14H2,1-3H3/t15-,18+/m1/s1. The van der Waals surface area contributed by atoms with Crippen molar-refractivity contribution in [3.8, 4) is 11.5 Å². The SMILES string of the molecule is COc1ccc(OC)c([C@@H]2CCCN2CC(=O)N2CCC[C@@H](C)C2)c1. The normalized spacial score (nSPS) is 24.4. The van der Waals surface area contributed by atoms with E-state index >= 15 is 0 Å². The third-order valence-electron chi connectivity index (χ3n) is 5.51. The highest BCUT2D eigenvalue weighted by molar-refractivity contribution is 5.78. The van der Waals surface area contributed by atoms with Gasteiger partial charge in [0.05, 0.1) is 20.8 Å². The van der Waals surface area contributed by atoms with Crippen LogP contribution in [0.5, 0.6) is 11.5 Å². The van der Waals surface area contributed by atoms with Crippen LogP contribution >= 0.6 is 0 Å². The van der Waals surface area contributed by atoms with Crippen LogP contribution in [-0.2, 0) is 4.79 Å². The van der Waals surface area contributed by atoms with E-state index in [0.717, 1.165) is 56.0 Å². The zero-order valence-electron chi connectivity index (χ0n) is 15.7. The van der Waals surface area contributed by atoms with Gasteiger partial charge < -0.3 is 14.4 Å². The van der Waals surface area contributed by atoms with Gasteiger partial charge in [-0.15, -0.1) is 0 Å². The zero-order valence-corrected chi connectivity index (χ0v) is 15.7. The Bertz CT molecular complexity index is 605. The van der Waals surface area contributed by atoms with Gasteiger partial charge in [0.25, 0.3) is 0 Å². The number of hydrogen-bond acceptors (Lipinski definition) is 4. The van der Waals surface area contributed by atoms with Crippen LogP contribution in [0.4, 0.5) is 0 Å². The smallest absolute Gasteiger partial charge is 0.236 e. The van der Waals surface area contributed by atoms with Crippen molar-refractivity contribution >= 4 is 5.91 Å². The Morgan fingerprint density at radius 2 is 1.96 bits per heavy atom. The van der Waals surface area contributed by atoms with Gasteiger partial charge in [-0.25, -0.2) is 0 Å². The second-order valence-electron chi connectivity index (χ2n) is 7.32. The fourth-order valence-corrected chi connectivity index (χ4v) is 4.16. The first-order chi connectivity index (χ1) is 12.1. The fourth-order valence-electron chi connectivity index (χ4n) is 4.16. The lowest BCUT2D eigenvalue weighted by Crippen LogP contribution is -2.44. The van der Waals surface area contributed by atoms with Gasteiger partial charge in [0, 0.05) is 24.7 Å². The first-order valence-corrected chi connectivity index (χ1v) is 9.36. The maximum absolute atomic E-state index is 12.8. The number of hydrogen-bond donors (Lipinski definition) is 0. The number of ether oxygens (including phenoxy) is 2. The van der Waals surface area contributed by atoms with Gasteiger partial charge in [0.15, 0.2) is 0 Å². The second kappa shape index (κ2) is 8.09. The molecule has 2 fully saturated rings. The van der Waals surface area contributed by atoms with Crippen molar-refractivity contribution in [2.45, 2.75) is 38.6 Å². The van der Waals surface area contributed by atoms with Crippen molar-refractivity contribution in [3.63, 3.8) is 0 Å². The molecule has 2 aliphatic heterocycles. The summed E-state index contributed by atoms with van der Waals surface area (Å²) in [4.78, 5) is 17.1. The van der Waals surface area contributed by atoms with E-state index in [4.69, 9.17) is 9.47 Å². The summed E-state index contributed by atoms with van der Waals surface area (Å²) >= 11 is 0. The number of piperidine rings is 1. The summed E-state index contributed by atoms with van der Waals surface area (Å²) in [5, 5.41) is 0. The summed E-state index contributed by atoms with van der Waals surface area (Å²) in [5.41, 5.74) is 1.12. The minimum atomic E-state index is 0.219. The van der Waals surface area contributed by atoms with E-state index in [9.17, 15) is 4.79 Å². The lowest BCUT2D eigenvalue weighted by atomic mass is 10.00. The summed E-state index contributed by atoms with van der Waals surface area (Å²) in [7, 11) is 3.38. The predicted molar refractivity (Wildman–Crippen MR) is 98.1 cm³/mol. The molecule has 0 aromatic heterocycles. The number of benzene rings is 1. The minimum Gasteiger partial charge on any atom is -0.497 e. The van der Waals surface area contributed by atoms with Crippen molar-refractivity contribution in [1.82, 2.24) is 9.80 Å². The molecule has 0 spiro atoms. The predicted octanol–water partition coefficient (Wildman–Crippen LogP) is 3.10. The van der Waals surface area contributed by atoms with Gasteiger partial charge >= 0.3 is 0 Å². The van der Waals surface area contributed by atoms with E-state index in [2.05, 4.69) is 17.9 Å². The van der Waals surface area contributed by atoms with Gasteiger partial charge in [0.1, 0.15) is 11.5 Å². The molecule has 2 heterocycles. The second-order valence-corrected chi connectivity index (χ2v) is 7.32. The Morgan fingerprint density at radius 3 is 2.68 bits per heavy atom. The average Bonchev–Trinajstić information content (AvgIpc) is 3.09. The Hall–Kier alpha value is -1.75. The van der Waals surface area contributed by atoms with E-state index in [1.165, 1.54) is 6.42 Å². The molecular formula is C20H30N2O3. The number of nitrogens with zero attached hydrogens (tertiary/aromatic N) is 2. The van der Waals surface area contributed by atoms with E-state index < -0.39 is 0 Å². The van der Waals surface area contributed by atoms with Gasteiger partial charge in [-0.2, -0.15) is 0 Å². The van der Waals surface area contributed by atoms with Crippen molar-refractivity contribution in [3.05, 3.63) is 23.8 Å². The Labute approximate surface area is 150 Å². The van der Waals surface area contributed by atoms with E-state index in [-0.39, 0.29) is 11.9 Å². The molecule has 1 aromatic rings. The van der Waals surface area contributed by atoms with Crippen molar-refractivity contribution < 1.29 is 14.3 Å². The van der Waals surface area contributed by atoms with Crippen LogP contribution in [0.15, 0.2) is 18.2 Å². The topological polar surface area (TPSA) is 42.0 Å². The molecule has 5 heteroatoms. The molecule has 0 radical (unpaired) electrons. The Kier molecular flexibility index (Phi) is 5.84. The highest BCUT2D eigenvalue weighted by Gasteiger charge is 2.32. The summed E-state index contributed by atoms with van der Waals surface area (Å²) in [5.74, 6) is 2.58. The van der Waals surface area contributed by atoms with Crippen LogP contribution in [0.3, 0.4) is 0 Å². The third-order valence-corrected chi connectivity index (χ3v) is 5.51. The summed E-state index contributed by atoms with van der Waals surface area (Å²) in [6.45, 7) is 5.50. The van der Waals surface area contributed by atoms with Crippen molar-refractivity contribution in [1.29, 1.82) is 0 Å². The van der Waals surface area contributed by atoms with Crippen LogP contribution in [0.25, 0.3) is 0 Å². The quantitative estimate of drug-likeness (QED) is 0.822. The molecule has 0 saturated carbocycles. The zero-order chi connectivity index (χ0) is 17.8. The van der Waals surface area contributed by atoms with Gasteiger partial charge in [0.2, 0.25) is 5.91 Å². The molecule has 25 heavy (non-hydrogen) atoms. The molecule has 0 N–H and O–H groups in total. The first-order valence-electron chi connectivity index (χ1n) is 9.36. The molecular weight excluding hydrogens is 316 g/mol. The molecule has 2 aliphatic rings. The summed E-state index contributed by atoms with van der Waals surface area (Å²) in [6.07, 6.45) is 4.51. The molecule has 1 aromatic carbocycles. The lowest BCUT2D eigenvalue weighted by molar-refractivity contribution is -0.134. The van der Waals surface area contributed by atoms with Crippen molar-refractivity contribution in [2.24, 2.45) is 5.92 Å². The van der Waals surface area contributed by atoms with E-state index in [0.29, 0.717) is 12.5 Å². The van der Waals surface area contributed by atoms with Gasteiger partial charge in [-0.1, -0.05) is 6.92 Å². The van der Waals surface area contributed by atoms with Gasteiger partial charge in [-0.3, -0.25) is 9.69 Å². The highest BCUT2D eigenvalue weighted by Crippen LogP contribution is 2.38. The maximum atomic E-state index is 12.8. The molecule has 0 unspecified atom stereocenters. The van der Waals surface area contributed by atoms with Crippen LogP contribution in [0.2, 0.25) is 0 Å². The third kappa shape index (κ3) is 4.09. The maximum Gasteiger partial charge on any atom is 0.236 e. The van der Waals surface area contributed by atoms with Crippen LogP contribution in [0, 0.1) is 5.92 Å². The van der Waals surface area contributed by atoms with Gasteiger partial charge in [-0.05, 0) is 56.3 Å². The monoisotopic (exact) mass is 346 g/mol. The number of carbonyl (C=O) groups is 1. The highest BCUT2D eigenvalue weighted by atomic mass is 16.5. The lowest BCUT2D eigenvalue weighted by Gasteiger charge is -2.33. The summed E-state index contributed by atoms with van der Waals surface area (Å²) in [6, 6.07) is 6.15. The largest absolute Gasteiger partial charge is 0.497 e. The minimum absolute atomic E-state index is 0.219. The fraction of sp³-hybridized carbons (Fsp3) is 0.650. The average molecular weight is 346 g/mol. The molecule has 138 valence electrons. The van der Waals surface area contributed by atoms with Crippen LogP contribution < -0.4 is 9.47 Å². The number of carbonyl (C=O) groups excluding carboxylic acids is 1. The van der Waals surface area contributed by atoms with E-state index in [1.54, 1.807) is 14.2 Å². The molecule has 2 atom stereocenters. The Balaban J connectivity index is 1.73. The number of rotatable bonds is 5. The van der Waals surface area contributed by atoms with Crippen molar-refractivity contribution in [2.75, 3.05) is 40.4 Å². The summed E-state index contributed by atoms with van der Waals surface area (Å²) < 4.78 is 11.0. The first kappa shape index (κ1) is 18.1. The Morgan fingerprint density at radius 1 is 1.16 bits per heavy atom. The van der Waals surface area contributed by atoms with Crippen LogP contribution in [-0.4, -0.2) is 56.1 Å². The molecule has 0 aliphatic carbocycles. The molecule has 2 saturated heterocycles. The van der Waals surface area contributed by atoms with Crippen LogP contribution in [0.1, 0.15) is 44.2 Å².